The number of rotatable bonds is 7. The van der Waals surface area contributed by atoms with E-state index in [0.29, 0.717) is 24.4 Å². The molecule has 3 heterocycles. The molecule has 0 N–H and O–H groups in total. The predicted octanol–water partition coefficient (Wildman–Crippen LogP) is 5.09. The Morgan fingerprint density at radius 1 is 1.14 bits per heavy atom. The minimum absolute atomic E-state index is 0.137. The van der Waals surface area contributed by atoms with Gasteiger partial charge >= 0.3 is 0 Å². The molecule has 0 saturated carbocycles. The van der Waals surface area contributed by atoms with Gasteiger partial charge in [0, 0.05) is 36.4 Å². The Morgan fingerprint density at radius 2 is 1.97 bits per heavy atom. The molecule has 7 nitrogen and oxygen atoms in total. The molecule has 37 heavy (non-hydrogen) atoms. The normalized spacial score (nSPS) is 15.1. The number of benzene rings is 2. The van der Waals surface area contributed by atoms with Crippen molar-refractivity contribution in [1.29, 1.82) is 0 Å². The molecule has 186 valence electrons. The number of hydrogen-bond donors (Lipinski definition) is 0. The molecule has 8 heteroatoms. The lowest BCUT2D eigenvalue weighted by Crippen LogP contribution is -2.22. The monoisotopic (exact) mass is 495 g/mol. The second-order valence-corrected chi connectivity index (χ2v) is 9.17. The Balaban J connectivity index is 1.48. The number of hydrogen-bond acceptors (Lipinski definition) is 4. The SMILES string of the molecule is C=CCOC1CCCc2c1c1nn(-c3ccccc3F)c(=O)c-1cn2Cc1ccc(-n2cccn2)cc1. The average molecular weight is 496 g/mol. The van der Waals surface area contributed by atoms with Gasteiger partial charge in [0.15, 0.2) is 0 Å². The summed E-state index contributed by atoms with van der Waals surface area (Å²) in [6, 6.07) is 16.3. The fraction of sp³-hybridized carbons (Fsp3) is 0.207. The zero-order valence-electron chi connectivity index (χ0n) is 20.3. The van der Waals surface area contributed by atoms with Crippen LogP contribution in [0, 0.1) is 5.82 Å². The molecule has 3 aromatic rings. The van der Waals surface area contributed by atoms with Gasteiger partial charge in [0.2, 0.25) is 0 Å². The number of aromatic nitrogens is 5. The lowest BCUT2D eigenvalue weighted by atomic mass is 9.89. The van der Waals surface area contributed by atoms with Crippen molar-refractivity contribution >= 4 is 0 Å². The van der Waals surface area contributed by atoms with E-state index >= 15 is 0 Å². The van der Waals surface area contributed by atoms with Crippen molar-refractivity contribution in [2.24, 2.45) is 0 Å². The van der Waals surface area contributed by atoms with Crippen LogP contribution in [-0.2, 0) is 17.7 Å². The minimum Gasteiger partial charge on any atom is -0.369 e. The van der Waals surface area contributed by atoms with E-state index in [-0.39, 0.29) is 17.4 Å². The van der Waals surface area contributed by atoms with Crippen molar-refractivity contribution in [2.45, 2.75) is 31.9 Å². The van der Waals surface area contributed by atoms with Gasteiger partial charge in [0.1, 0.15) is 17.2 Å². The first-order valence-corrected chi connectivity index (χ1v) is 12.4. The highest BCUT2D eigenvalue weighted by molar-refractivity contribution is 5.66. The van der Waals surface area contributed by atoms with Crippen LogP contribution in [0.5, 0.6) is 0 Å². The molecule has 0 spiro atoms. The molecule has 1 atom stereocenters. The minimum atomic E-state index is -0.495. The van der Waals surface area contributed by atoms with Gasteiger partial charge in [-0.05, 0) is 55.2 Å². The Labute approximate surface area is 213 Å². The summed E-state index contributed by atoms with van der Waals surface area (Å²) in [7, 11) is 0. The van der Waals surface area contributed by atoms with Gasteiger partial charge in [-0.15, -0.1) is 6.58 Å². The summed E-state index contributed by atoms with van der Waals surface area (Å²) in [5.74, 6) is -0.495. The molecule has 0 radical (unpaired) electrons. The van der Waals surface area contributed by atoms with Crippen molar-refractivity contribution in [2.75, 3.05) is 6.61 Å². The third-order valence-electron chi connectivity index (χ3n) is 6.83. The van der Waals surface area contributed by atoms with E-state index < -0.39 is 5.82 Å². The number of halogens is 1. The summed E-state index contributed by atoms with van der Waals surface area (Å²) in [5.41, 5.74) is 4.86. The molecule has 2 aromatic carbocycles. The zero-order chi connectivity index (χ0) is 25.4. The van der Waals surface area contributed by atoms with E-state index in [2.05, 4.69) is 33.5 Å². The Hall–Kier alpha value is -4.30. The van der Waals surface area contributed by atoms with Gasteiger partial charge in [-0.1, -0.05) is 30.3 Å². The van der Waals surface area contributed by atoms with Gasteiger partial charge in [-0.2, -0.15) is 14.9 Å². The van der Waals surface area contributed by atoms with Crippen molar-refractivity contribution in [1.82, 2.24) is 24.1 Å². The number of ether oxygens (including phenoxy) is 1. The van der Waals surface area contributed by atoms with Crippen molar-refractivity contribution in [3.8, 4) is 22.6 Å². The van der Waals surface area contributed by atoms with Crippen molar-refractivity contribution in [3.63, 3.8) is 0 Å². The van der Waals surface area contributed by atoms with Crippen LogP contribution in [0.1, 0.15) is 35.8 Å². The van der Waals surface area contributed by atoms with E-state index in [4.69, 9.17) is 4.74 Å². The predicted molar refractivity (Wildman–Crippen MR) is 139 cm³/mol. The van der Waals surface area contributed by atoms with Crippen molar-refractivity contribution in [3.05, 3.63) is 119 Å². The Kier molecular flexibility index (Phi) is 6.02. The Morgan fingerprint density at radius 3 is 2.73 bits per heavy atom. The molecule has 0 saturated heterocycles. The fourth-order valence-corrected chi connectivity index (χ4v) is 5.12. The largest absolute Gasteiger partial charge is 0.369 e. The van der Waals surface area contributed by atoms with Gasteiger partial charge in [-0.3, -0.25) is 4.79 Å². The highest BCUT2D eigenvalue weighted by atomic mass is 19.1. The van der Waals surface area contributed by atoms with Crippen LogP contribution in [0.3, 0.4) is 0 Å². The number of fused-ring (bicyclic) bond motifs is 3. The summed E-state index contributed by atoms with van der Waals surface area (Å²) in [6.07, 6.45) is 9.63. The first-order valence-electron chi connectivity index (χ1n) is 12.4. The van der Waals surface area contributed by atoms with E-state index in [9.17, 15) is 9.18 Å². The summed E-state index contributed by atoms with van der Waals surface area (Å²) < 4.78 is 25.9. The second-order valence-electron chi connectivity index (χ2n) is 9.17. The summed E-state index contributed by atoms with van der Waals surface area (Å²) in [5, 5.41) is 8.93. The zero-order valence-corrected chi connectivity index (χ0v) is 20.3. The fourth-order valence-electron chi connectivity index (χ4n) is 5.12. The van der Waals surface area contributed by atoms with Crippen LogP contribution < -0.4 is 5.56 Å². The topological polar surface area (TPSA) is 66.9 Å². The molecule has 6 rings (SSSR count). The molecule has 1 aliphatic carbocycles. The molecular weight excluding hydrogens is 469 g/mol. The summed E-state index contributed by atoms with van der Waals surface area (Å²) in [6.45, 7) is 4.76. The highest BCUT2D eigenvalue weighted by Gasteiger charge is 2.32. The first-order chi connectivity index (χ1) is 18.1. The number of nitrogens with zero attached hydrogens (tertiary/aromatic N) is 5. The van der Waals surface area contributed by atoms with Gasteiger partial charge in [0.25, 0.3) is 5.56 Å². The maximum absolute atomic E-state index is 14.6. The number of para-hydroxylation sites is 1. The molecular formula is C29H26FN5O2. The highest BCUT2D eigenvalue weighted by Crippen LogP contribution is 2.39. The first kappa shape index (κ1) is 23.1. The second kappa shape index (κ2) is 9.63. The maximum Gasteiger partial charge on any atom is 0.282 e. The van der Waals surface area contributed by atoms with Crippen LogP contribution >= 0.6 is 0 Å². The van der Waals surface area contributed by atoms with Gasteiger partial charge in [0.05, 0.1) is 24.0 Å². The summed E-state index contributed by atoms with van der Waals surface area (Å²) >= 11 is 0. The quantitative estimate of drug-likeness (QED) is 0.295. The van der Waals surface area contributed by atoms with Gasteiger partial charge in [-0.25, -0.2) is 9.07 Å². The third-order valence-corrected chi connectivity index (χ3v) is 6.83. The lowest BCUT2D eigenvalue weighted by molar-refractivity contribution is 0.0600. The van der Waals surface area contributed by atoms with Crippen LogP contribution in [-0.4, -0.2) is 30.7 Å². The van der Waals surface area contributed by atoms with Crippen LogP contribution in [0.15, 0.2) is 90.6 Å². The molecule has 3 aliphatic rings. The van der Waals surface area contributed by atoms with Crippen LogP contribution in [0.4, 0.5) is 4.39 Å². The summed E-state index contributed by atoms with van der Waals surface area (Å²) in [4.78, 5) is 13.5. The van der Waals surface area contributed by atoms with Crippen molar-refractivity contribution < 1.29 is 9.13 Å². The Bertz CT molecular complexity index is 1580. The van der Waals surface area contributed by atoms with E-state index in [0.717, 1.165) is 41.8 Å². The number of pyridine rings is 1. The van der Waals surface area contributed by atoms with Crippen LogP contribution in [0.25, 0.3) is 22.6 Å². The maximum atomic E-state index is 14.6. The molecule has 0 fully saturated rings. The molecule has 0 bridgehead atoms. The third kappa shape index (κ3) is 4.19. The lowest BCUT2D eigenvalue weighted by Gasteiger charge is -2.30. The van der Waals surface area contributed by atoms with E-state index in [1.54, 1.807) is 30.5 Å². The average Bonchev–Trinajstić information content (AvgIpc) is 3.57. The standard InChI is InChI=1S/C29H26FN5O2/c1-2-17-37-26-10-5-9-25-27(26)28-22(29(36)35(32-28)24-8-4-3-7-23(24)30)19-33(25)18-20-11-13-21(14-12-20)34-16-6-15-31-34/h2-4,6-8,11-16,19,26H,1,5,9-10,17-18H2. The van der Waals surface area contributed by atoms with E-state index in [1.165, 1.54) is 10.7 Å². The molecule has 1 aromatic heterocycles. The molecule has 0 amide bonds. The molecule has 1 unspecified atom stereocenters. The smallest absolute Gasteiger partial charge is 0.282 e. The molecule has 2 aliphatic heterocycles. The van der Waals surface area contributed by atoms with Crippen LogP contribution in [0.2, 0.25) is 0 Å². The van der Waals surface area contributed by atoms with E-state index in [1.807, 2.05) is 35.3 Å². The van der Waals surface area contributed by atoms with Gasteiger partial charge < -0.3 is 9.30 Å².